The third-order valence-electron chi connectivity index (χ3n) is 4.82. The van der Waals surface area contributed by atoms with E-state index in [1.54, 1.807) is 0 Å². The summed E-state index contributed by atoms with van der Waals surface area (Å²) in [4.78, 5) is 0. The fourth-order valence-corrected chi connectivity index (χ4v) is 3.03. The van der Waals surface area contributed by atoms with Gasteiger partial charge in [-0.15, -0.1) is 0 Å². The van der Waals surface area contributed by atoms with Gasteiger partial charge in [-0.05, 0) is 56.2 Å². The number of ether oxygens (including phenoxy) is 3. The molecule has 3 heteroatoms. The first-order valence-corrected chi connectivity index (χ1v) is 12.8. The lowest BCUT2D eigenvalue weighted by Gasteiger charge is -2.14. The lowest BCUT2D eigenvalue weighted by Crippen LogP contribution is -2.18. The number of rotatable bonds is 17. The van der Waals surface area contributed by atoms with Crippen LogP contribution in [0.1, 0.15) is 99.0 Å². The number of hydrogen-bond donors (Lipinski definition) is 0. The van der Waals surface area contributed by atoms with Crippen LogP contribution in [0.5, 0.6) is 5.75 Å². The molecule has 0 aromatic heterocycles. The Bertz CT molecular complexity index is 499. The van der Waals surface area contributed by atoms with E-state index in [1.807, 2.05) is 13.8 Å². The second-order valence-electron chi connectivity index (χ2n) is 9.42. The molecule has 1 rings (SSSR count). The molecule has 0 N–H and O–H groups in total. The molecule has 1 unspecified atom stereocenters. The Hall–Kier alpha value is -1.06. The summed E-state index contributed by atoms with van der Waals surface area (Å²) in [5, 5.41) is 0. The molecule has 0 aliphatic heterocycles. The molecule has 182 valence electrons. The van der Waals surface area contributed by atoms with Crippen LogP contribution in [0.2, 0.25) is 0 Å². The Balaban J connectivity index is 0.000000695. The van der Waals surface area contributed by atoms with E-state index in [0.29, 0.717) is 18.4 Å². The van der Waals surface area contributed by atoms with Gasteiger partial charge in [0.1, 0.15) is 5.75 Å². The van der Waals surface area contributed by atoms with E-state index in [4.69, 9.17) is 14.2 Å². The van der Waals surface area contributed by atoms with Gasteiger partial charge in [-0.3, -0.25) is 0 Å². The number of aryl methyl sites for hydroxylation is 1. The lowest BCUT2D eigenvalue weighted by molar-refractivity contribution is -0.0130. The number of unbranched alkanes of at least 4 members (excludes halogenated alkanes) is 6. The van der Waals surface area contributed by atoms with Crippen molar-refractivity contribution in [2.45, 2.75) is 106 Å². The number of benzene rings is 1. The summed E-state index contributed by atoms with van der Waals surface area (Å²) in [5.41, 5.74) is 1.42. The van der Waals surface area contributed by atoms with Crippen LogP contribution in [0.3, 0.4) is 0 Å². The zero-order valence-corrected chi connectivity index (χ0v) is 21.8. The molecule has 3 nitrogen and oxygen atoms in total. The molecule has 0 amide bonds. The highest BCUT2D eigenvalue weighted by Gasteiger charge is 2.02. The normalized spacial score (nSPS) is 12.0. The summed E-state index contributed by atoms with van der Waals surface area (Å²) >= 11 is 0. The topological polar surface area (TPSA) is 27.7 Å². The van der Waals surface area contributed by atoms with Crippen molar-refractivity contribution >= 4 is 0 Å². The van der Waals surface area contributed by atoms with Gasteiger partial charge < -0.3 is 14.2 Å². The Labute approximate surface area is 194 Å². The summed E-state index contributed by atoms with van der Waals surface area (Å²) in [6.45, 7) is 18.1. The van der Waals surface area contributed by atoms with Gasteiger partial charge in [0.25, 0.3) is 0 Å². The Kier molecular flexibility index (Phi) is 20.1. The van der Waals surface area contributed by atoms with Crippen molar-refractivity contribution in [3.8, 4) is 5.75 Å². The number of hydrogen-bond acceptors (Lipinski definition) is 3. The fraction of sp³-hybridized carbons (Fsp3) is 0.786. The van der Waals surface area contributed by atoms with Crippen molar-refractivity contribution in [1.82, 2.24) is 0 Å². The average molecular weight is 437 g/mol. The molecular formula is C28H52O3. The van der Waals surface area contributed by atoms with E-state index in [2.05, 4.69) is 58.9 Å². The fourth-order valence-electron chi connectivity index (χ4n) is 3.03. The molecular weight excluding hydrogens is 384 g/mol. The maximum atomic E-state index is 5.78. The van der Waals surface area contributed by atoms with Crippen LogP contribution in [0.4, 0.5) is 0 Å². The molecule has 0 spiro atoms. The minimum Gasteiger partial charge on any atom is -0.493 e. The van der Waals surface area contributed by atoms with Gasteiger partial charge in [0.05, 0.1) is 19.3 Å². The summed E-state index contributed by atoms with van der Waals surface area (Å²) in [5.74, 6) is 2.22. The van der Waals surface area contributed by atoms with Crippen LogP contribution in [0.25, 0.3) is 0 Å². The highest BCUT2D eigenvalue weighted by atomic mass is 16.5. The summed E-state index contributed by atoms with van der Waals surface area (Å²) < 4.78 is 16.5. The Morgan fingerprint density at radius 1 is 0.742 bits per heavy atom. The SMILES string of the molecule is CCCCCCCCCc1cccc(OCC(C)C)c1.CCOCC(C)OCC(C)C. The standard InChI is InChI=1S/C19H32O.C9H20O2/c1-4-5-6-7-8-9-10-12-18-13-11-14-19(15-18)20-16-17(2)3;1-5-10-7-9(4)11-6-8(2)3/h11,13-15,17H,4-10,12,16H2,1-3H3;8-9H,5-7H2,1-4H3. The molecule has 0 aliphatic rings. The van der Waals surface area contributed by atoms with Crippen molar-refractivity contribution in [2.24, 2.45) is 11.8 Å². The third kappa shape index (κ3) is 20.6. The highest BCUT2D eigenvalue weighted by Crippen LogP contribution is 2.17. The first-order chi connectivity index (χ1) is 14.9. The van der Waals surface area contributed by atoms with Gasteiger partial charge in [-0.2, -0.15) is 0 Å². The molecule has 0 radical (unpaired) electrons. The van der Waals surface area contributed by atoms with Crippen LogP contribution >= 0.6 is 0 Å². The van der Waals surface area contributed by atoms with Gasteiger partial charge in [0, 0.05) is 13.2 Å². The van der Waals surface area contributed by atoms with Crippen LogP contribution in [0, 0.1) is 11.8 Å². The summed E-state index contributed by atoms with van der Waals surface area (Å²) in [7, 11) is 0. The van der Waals surface area contributed by atoms with Crippen LogP contribution < -0.4 is 4.74 Å². The van der Waals surface area contributed by atoms with Gasteiger partial charge >= 0.3 is 0 Å². The zero-order valence-electron chi connectivity index (χ0n) is 21.8. The molecule has 31 heavy (non-hydrogen) atoms. The van der Waals surface area contributed by atoms with Crippen LogP contribution in [-0.4, -0.2) is 32.5 Å². The van der Waals surface area contributed by atoms with E-state index in [1.165, 1.54) is 56.9 Å². The van der Waals surface area contributed by atoms with Gasteiger partial charge in [0.15, 0.2) is 0 Å². The summed E-state index contributed by atoms with van der Waals surface area (Å²) in [6.07, 6.45) is 11.0. The van der Waals surface area contributed by atoms with E-state index in [9.17, 15) is 0 Å². The highest BCUT2D eigenvalue weighted by molar-refractivity contribution is 5.28. The molecule has 0 aliphatic carbocycles. The van der Waals surface area contributed by atoms with Crippen molar-refractivity contribution in [1.29, 1.82) is 0 Å². The average Bonchev–Trinajstić information content (AvgIpc) is 2.75. The monoisotopic (exact) mass is 436 g/mol. The first-order valence-electron chi connectivity index (χ1n) is 12.8. The first kappa shape index (κ1) is 29.9. The van der Waals surface area contributed by atoms with Gasteiger partial charge in [-0.25, -0.2) is 0 Å². The Morgan fingerprint density at radius 3 is 2.00 bits per heavy atom. The minimum absolute atomic E-state index is 0.234. The van der Waals surface area contributed by atoms with E-state index >= 15 is 0 Å². The molecule has 0 saturated heterocycles. The maximum absolute atomic E-state index is 5.78. The van der Waals surface area contributed by atoms with Crippen molar-refractivity contribution in [3.63, 3.8) is 0 Å². The summed E-state index contributed by atoms with van der Waals surface area (Å²) in [6, 6.07) is 8.61. The molecule has 0 saturated carbocycles. The van der Waals surface area contributed by atoms with Crippen molar-refractivity contribution < 1.29 is 14.2 Å². The van der Waals surface area contributed by atoms with E-state index < -0.39 is 0 Å². The predicted molar refractivity (Wildman–Crippen MR) is 135 cm³/mol. The van der Waals surface area contributed by atoms with Crippen molar-refractivity contribution in [3.05, 3.63) is 29.8 Å². The second kappa shape index (κ2) is 20.8. The quantitative estimate of drug-likeness (QED) is 0.231. The molecule has 1 atom stereocenters. The largest absolute Gasteiger partial charge is 0.493 e. The maximum Gasteiger partial charge on any atom is 0.119 e. The minimum atomic E-state index is 0.234. The smallest absolute Gasteiger partial charge is 0.119 e. The third-order valence-corrected chi connectivity index (χ3v) is 4.82. The van der Waals surface area contributed by atoms with E-state index in [0.717, 1.165) is 25.6 Å². The Morgan fingerprint density at radius 2 is 1.39 bits per heavy atom. The second-order valence-corrected chi connectivity index (χ2v) is 9.42. The molecule has 0 fully saturated rings. The molecule has 0 heterocycles. The molecule has 1 aromatic rings. The van der Waals surface area contributed by atoms with Gasteiger partial charge in [-0.1, -0.05) is 85.3 Å². The zero-order chi connectivity index (χ0) is 23.3. The van der Waals surface area contributed by atoms with Crippen LogP contribution in [-0.2, 0) is 15.9 Å². The van der Waals surface area contributed by atoms with Crippen molar-refractivity contribution in [2.75, 3.05) is 26.4 Å². The molecule has 0 bridgehead atoms. The van der Waals surface area contributed by atoms with E-state index in [-0.39, 0.29) is 6.10 Å². The predicted octanol–water partition coefficient (Wildman–Crippen LogP) is 8.10. The van der Waals surface area contributed by atoms with Crippen LogP contribution in [0.15, 0.2) is 24.3 Å². The van der Waals surface area contributed by atoms with Gasteiger partial charge in [0.2, 0.25) is 0 Å². The molecule has 1 aromatic carbocycles. The lowest BCUT2D eigenvalue weighted by atomic mass is 10.0.